The van der Waals surface area contributed by atoms with Gasteiger partial charge in [-0.15, -0.1) is 11.3 Å². The van der Waals surface area contributed by atoms with Crippen LogP contribution in [-0.4, -0.2) is 60.0 Å². The lowest BCUT2D eigenvalue weighted by atomic mass is 9.96. The van der Waals surface area contributed by atoms with Gasteiger partial charge in [0.15, 0.2) is 0 Å². The van der Waals surface area contributed by atoms with Gasteiger partial charge in [0.2, 0.25) is 5.91 Å². The fourth-order valence-electron chi connectivity index (χ4n) is 4.46. The summed E-state index contributed by atoms with van der Waals surface area (Å²) >= 11 is 1.81. The highest BCUT2D eigenvalue weighted by atomic mass is 32.1. The Morgan fingerprint density at radius 3 is 3.00 bits per heavy atom. The number of hydrogen-bond donors (Lipinski definition) is 2. The lowest BCUT2D eigenvalue weighted by Crippen LogP contribution is -3.10. The van der Waals surface area contributed by atoms with E-state index in [4.69, 9.17) is 0 Å². The summed E-state index contributed by atoms with van der Waals surface area (Å²) in [7, 11) is 4.42. The molecule has 1 aliphatic carbocycles. The second kappa shape index (κ2) is 7.12. The van der Waals surface area contributed by atoms with Crippen LogP contribution < -0.4 is 10.2 Å². The molecule has 140 valence electrons. The maximum Gasteiger partial charge on any atom is 0.219 e. The molecule has 0 saturated carbocycles. The Morgan fingerprint density at radius 2 is 2.23 bits per heavy atom. The van der Waals surface area contributed by atoms with Crippen molar-refractivity contribution in [2.24, 2.45) is 0 Å². The van der Waals surface area contributed by atoms with Gasteiger partial charge in [-0.1, -0.05) is 0 Å². The number of thiophene rings is 1. The smallest absolute Gasteiger partial charge is 0.219 e. The SMILES string of the molecule is CC(=O)N1CC[C@@H]([NH+](C)C)C[C@H]1CNc1ncnc2sc3c(c12)CCC3. The van der Waals surface area contributed by atoms with Crippen molar-refractivity contribution in [3.8, 4) is 0 Å². The first kappa shape index (κ1) is 17.7. The molecule has 0 bridgehead atoms. The van der Waals surface area contributed by atoms with Crippen LogP contribution in [0.4, 0.5) is 5.82 Å². The topological polar surface area (TPSA) is 62.6 Å². The number of hydrogen-bond acceptors (Lipinski definition) is 5. The Bertz CT molecular complexity index is 818. The average Bonchev–Trinajstić information content (AvgIpc) is 3.20. The Labute approximate surface area is 158 Å². The summed E-state index contributed by atoms with van der Waals surface area (Å²) in [5.41, 5.74) is 1.44. The molecule has 1 amide bonds. The minimum Gasteiger partial charge on any atom is -0.367 e. The maximum atomic E-state index is 12.1. The highest BCUT2D eigenvalue weighted by Gasteiger charge is 2.33. The summed E-state index contributed by atoms with van der Waals surface area (Å²) in [6, 6.07) is 0.825. The average molecular weight is 375 g/mol. The Kier molecular flexibility index (Phi) is 4.84. The van der Waals surface area contributed by atoms with Crippen LogP contribution in [0, 0.1) is 0 Å². The molecule has 1 aliphatic heterocycles. The van der Waals surface area contributed by atoms with Crippen LogP contribution in [0.5, 0.6) is 0 Å². The number of nitrogens with one attached hydrogen (secondary N) is 2. The molecular formula is C19H28N5OS+. The largest absolute Gasteiger partial charge is 0.367 e. The van der Waals surface area contributed by atoms with Crippen LogP contribution in [0.1, 0.15) is 36.6 Å². The molecule has 0 aromatic carbocycles. The number of rotatable bonds is 4. The number of carbonyl (C=O) groups excluding carboxylic acids is 1. The minimum absolute atomic E-state index is 0.174. The molecule has 1 fully saturated rings. The summed E-state index contributed by atoms with van der Waals surface area (Å²) in [5.74, 6) is 1.12. The van der Waals surface area contributed by atoms with Crippen molar-refractivity contribution in [3.63, 3.8) is 0 Å². The van der Waals surface area contributed by atoms with E-state index in [9.17, 15) is 4.79 Å². The van der Waals surface area contributed by atoms with E-state index >= 15 is 0 Å². The third-order valence-corrected chi connectivity index (χ3v) is 7.14. The third kappa shape index (κ3) is 3.18. The van der Waals surface area contributed by atoms with E-state index in [1.54, 1.807) is 13.3 Å². The Balaban J connectivity index is 1.55. The van der Waals surface area contributed by atoms with Gasteiger partial charge in [-0.2, -0.15) is 0 Å². The van der Waals surface area contributed by atoms with Crippen molar-refractivity contribution >= 4 is 33.3 Å². The molecule has 26 heavy (non-hydrogen) atoms. The predicted molar refractivity (Wildman–Crippen MR) is 105 cm³/mol. The van der Waals surface area contributed by atoms with Crippen molar-refractivity contribution in [3.05, 3.63) is 16.8 Å². The molecule has 3 heterocycles. The van der Waals surface area contributed by atoms with Crippen molar-refractivity contribution < 1.29 is 9.69 Å². The van der Waals surface area contributed by atoms with Crippen LogP contribution in [-0.2, 0) is 17.6 Å². The molecule has 4 rings (SSSR count). The number of amides is 1. The summed E-state index contributed by atoms with van der Waals surface area (Å²) in [6.07, 6.45) is 7.31. The highest BCUT2D eigenvalue weighted by Crippen LogP contribution is 2.39. The van der Waals surface area contributed by atoms with Crippen LogP contribution in [0.15, 0.2) is 6.33 Å². The lowest BCUT2D eigenvalue weighted by Gasteiger charge is -2.39. The number of aryl methyl sites for hydroxylation is 2. The van der Waals surface area contributed by atoms with Crippen LogP contribution in [0.3, 0.4) is 0 Å². The second-order valence-electron chi connectivity index (χ2n) is 7.81. The van der Waals surface area contributed by atoms with Gasteiger partial charge in [-0.25, -0.2) is 9.97 Å². The van der Waals surface area contributed by atoms with E-state index in [1.165, 1.54) is 33.6 Å². The molecule has 2 atom stereocenters. The number of fused-ring (bicyclic) bond motifs is 3. The van der Waals surface area contributed by atoms with Crippen molar-refractivity contribution in [1.82, 2.24) is 14.9 Å². The first-order valence-electron chi connectivity index (χ1n) is 9.61. The summed E-state index contributed by atoms with van der Waals surface area (Å²) in [5, 5.41) is 4.78. The first-order valence-corrected chi connectivity index (χ1v) is 10.4. The summed E-state index contributed by atoms with van der Waals surface area (Å²) in [6.45, 7) is 3.29. The zero-order chi connectivity index (χ0) is 18.3. The molecule has 2 aliphatic rings. The normalized spacial score (nSPS) is 22.8. The highest BCUT2D eigenvalue weighted by molar-refractivity contribution is 7.19. The minimum atomic E-state index is 0.174. The van der Waals surface area contributed by atoms with E-state index in [0.717, 1.165) is 43.0 Å². The van der Waals surface area contributed by atoms with E-state index in [0.29, 0.717) is 6.04 Å². The van der Waals surface area contributed by atoms with E-state index in [-0.39, 0.29) is 11.9 Å². The number of likely N-dealkylation sites (tertiary alicyclic amines) is 1. The maximum absolute atomic E-state index is 12.1. The molecule has 0 unspecified atom stereocenters. The van der Waals surface area contributed by atoms with Gasteiger partial charge in [-0.3, -0.25) is 4.79 Å². The molecule has 7 heteroatoms. The monoisotopic (exact) mass is 374 g/mol. The summed E-state index contributed by atoms with van der Waals surface area (Å²) < 4.78 is 0. The van der Waals surface area contributed by atoms with Gasteiger partial charge in [0.05, 0.1) is 31.6 Å². The first-order chi connectivity index (χ1) is 12.5. The second-order valence-corrected chi connectivity index (χ2v) is 8.89. The number of carbonyl (C=O) groups is 1. The number of anilines is 1. The van der Waals surface area contributed by atoms with Crippen LogP contribution >= 0.6 is 11.3 Å². The number of quaternary nitrogens is 1. The summed E-state index contributed by atoms with van der Waals surface area (Å²) in [4.78, 5) is 27.2. The lowest BCUT2D eigenvalue weighted by molar-refractivity contribution is -0.887. The standard InChI is InChI=1S/C19H27N5OS/c1-12(25)24-8-7-13(23(2)3)9-14(24)10-20-18-17-15-5-4-6-16(15)26-19(17)22-11-21-18/h11,13-14H,4-10H2,1-3H3,(H,20,21,22)/p+1/t13-,14+/m1/s1. The van der Waals surface area contributed by atoms with E-state index < -0.39 is 0 Å². The molecular weight excluding hydrogens is 346 g/mol. The Hall–Kier alpha value is -1.73. The predicted octanol–water partition coefficient (Wildman–Crippen LogP) is 1.12. The number of nitrogens with zero attached hydrogens (tertiary/aromatic N) is 3. The van der Waals surface area contributed by atoms with Crippen molar-refractivity contribution in [2.45, 2.75) is 51.1 Å². The van der Waals surface area contributed by atoms with E-state index in [1.807, 2.05) is 16.2 Å². The third-order valence-electron chi connectivity index (χ3n) is 5.94. The number of piperidine rings is 1. The molecule has 1 saturated heterocycles. The molecule has 0 spiro atoms. The van der Waals surface area contributed by atoms with Gasteiger partial charge in [0.1, 0.15) is 17.0 Å². The van der Waals surface area contributed by atoms with Gasteiger partial charge < -0.3 is 15.1 Å². The molecule has 0 radical (unpaired) electrons. The zero-order valence-corrected chi connectivity index (χ0v) is 16.7. The fourth-order valence-corrected chi connectivity index (χ4v) is 5.69. The quantitative estimate of drug-likeness (QED) is 0.842. The van der Waals surface area contributed by atoms with E-state index in [2.05, 4.69) is 29.4 Å². The van der Waals surface area contributed by atoms with Crippen LogP contribution in [0.25, 0.3) is 10.2 Å². The molecule has 2 aromatic heterocycles. The molecule has 2 aromatic rings. The Morgan fingerprint density at radius 1 is 1.38 bits per heavy atom. The molecule has 6 nitrogen and oxygen atoms in total. The van der Waals surface area contributed by atoms with Crippen LogP contribution in [0.2, 0.25) is 0 Å². The van der Waals surface area contributed by atoms with Gasteiger partial charge in [0, 0.05) is 37.7 Å². The van der Waals surface area contributed by atoms with Gasteiger partial charge in [0.25, 0.3) is 0 Å². The van der Waals surface area contributed by atoms with Gasteiger partial charge in [-0.05, 0) is 24.8 Å². The zero-order valence-electron chi connectivity index (χ0n) is 15.8. The van der Waals surface area contributed by atoms with Crippen molar-refractivity contribution in [2.75, 3.05) is 32.5 Å². The fraction of sp³-hybridized carbons (Fsp3) is 0.632. The molecule has 2 N–H and O–H groups in total. The number of aromatic nitrogens is 2. The van der Waals surface area contributed by atoms with Gasteiger partial charge >= 0.3 is 0 Å². The van der Waals surface area contributed by atoms with Crippen molar-refractivity contribution in [1.29, 1.82) is 0 Å².